The van der Waals surface area contributed by atoms with Gasteiger partial charge in [-0.05, 0) is 29.8 Å². The van der Waals surface area contributed by atoms with Gasteiger partial charge < -0.3 is 4.74 Å². The number of methoxy groups -OCH3 is 1. The molecule has 0 unspecified atom stereocenters. The van der Waals surface area contributed by atoms with Crippen LogP contribution in [0.3, 0.4) is 0 Å². The Labute approximate surface area is 144 Å². The van der Waals surface area contributed by atoms with Gasteiger partial charge in [0.05, 0.1) is 17.2 Å². The summed E-state index contributed by atoms with van der Waals surface area (Å²) in [5.74, 6) is 0.203. The van der Waals surface area contributed by atoms with Gasteiger partial charge in [0.1, 0.15) is 10.6 Å². The fourth-order valence-electron chi connectivity index (χ4n) is 1.80. The second-order valence-electron chi connectivity index (χ2n) is 4.33. The molecule has 0 aliphatic carbocycles. The van der Waals surface area contributed by atoms with Crippen LogP contribution >= 0.6 is 34.8 Å². The summed E-state index contributed by atoms with van der Waals surface area (Å²) in [6.45, 7) is -0.00259. The zero-order valence-electron chi connectivity index (χ0n) is 11.4. The van der Waals surface area contributed by atoms with Gasteiger partial charge in [-0.1, -0.05) is 46.9 Å². The molecule has 8 heteroatoms. The molecule has 0 aliphatic rings. The third-order valence-electron chi connectivity index (χ3n) is 2.90. The van der Waals surface area contributed by atoms with Crippen molar-refractivity contribution in [2.45, 2.75) is 11.4 Å². The minimum Gasteiger partial charge on any atom is -0.495 e. The molecule has 0 amide bonds. The lowest BCUT2D eigenvalue weighted by atomic mass is 10.2. The molecular formula is C14H12Cl3NO3S. The highest BCUT2D eigenvalue weighted by Crippen LogP contribution is 2.28. The standard InChI is InChI=1S/C14H12Cl3NO3S/c1-21-12-6-5-10(15)7-13(12)22(19,20)18-8-9-3-2-4-11(16)14(9)17/h2-7,18H,8H2,1H3. The molecule has 0 radical (unpaired) electrons. The third-order valence-corrected chi connectivity index (χ3v) is 5.41. The fraction of sp³-hybridized carbons (Fsp3) is 0.143. The first-order valence-corrected chi connectivity index (χ1v) is 8.73. The summed E-state index contributed by atoms with van der Waals surface area (Å²) in [6, 6.07) is 9.37. The van der Waals surface area contributed by atoms with Crippen molar-refractivity contribution in [1.82, 2.24) is 4.72 Å². The van der Waals surface area contributed by atoms with Crippen molar-refractivity contribution in [1.29, 1.82) is 0 Å². The van der Waals surface area contributed by atoms with Crippen molar-refractivity contribution >= 4 is 44.8 Å². The van der Waals surface area contributed by atoms with Crippen LogP contribution in [0.4, 0.5) is 0 Å². The molecule has 2 aromatic rings. The zero-order chi connectivity index (χ0) is 16.3. The first-order valence-electron chi connectivity index (χ1n) is 6.11. The molecule has 0 atom stereocenters. The first-order chi connectivity index (χ1) is 10.3. The van der Waals surface area contributed by atoms with Crippen LogP contribution in [0.2, 0.25) is 15.1 Å². The number of sulfonamides is 1. The van der Waals surface area contributed by atoms with Gasteiger partial charge in [0, 0.05) is 11.6 Å². The summed E-state index contributed by atoms with van der Waals surface area (Å²) in [5, 5.41) is 0.964. The Hall–Kier alpha value is -0.980. The summed E-state index contributed by atoms with van der Waals surface area (Å²) >= 11 is 17.8. The maximum atomic E-state index is 12.4. The quantitative estimate of drug-likeness (QED) is 0.848. The smallest absolute Gasteiger partial charge is 0.244 e. The van der Waals surface area contributed by atoms with Crippen molar-refractivity contribution in [2.75, 3.05) is 7.11 Å². The van der Waals surface area contributed by atoms with Crippen LogP contribution in [0.5, 0.6) is 5.75 Å². The van der Waals surface area contributed by atoms with Gasteiger partial charge in [0.15, 0.2) is 0 Å². The number of benzene rings is 2. The molecule has 118 valence electrons. The monoisotopic (exact) mass is 379 g/mol. The Morgan fingerprint density at radius 2 is 1.86 bits per heavy atom. The number of ether oxygens (including phenoxy) is 1. The van der Waals surface area contributed by atoms with Gasteiger partial charge in [-0.3, -0.25) is 0 Å². The summed E-state index contributed by atoms with van der Waals surface area (Å²) in [4.78, 5) is -0.0411. The van der Waals surface area contributed by atoms with E-state index in [2.05, 4.69) is 4.72 Å². The molecule has 0 saturated carbocycles. The lowest BCUT2D eigenvalue weighted by Crippen LogP contribution is -2.24. The highest BCUT2D eigenvalue weighted by molar-refractivity contribution is 7.89. The normalized spacial score (nSPS) is 11.5. The van der Waals surface area contributed by atoms with Crippen molar-refractivity contribution < 1.29 is 13.2 Å². The zero-order valence-corrected chi connectivity index (χ0v) is 14.5. The minimum absolute atomic E-state index is 0.00259. The Morgan fingerprint density at radius 1 is 1.14 bits per heavy atom. The van der Waals surface area contributed by atoms with Crippen LogP contribution in [0.15, 0.2) is 41.3 Å². The molecule has 0 aromatic heterocycles. The molecule has 2 rings (SSSR count). The van der Waals surface area contributed by atoms with E-state index in [-0.39, 0.29) is 17.2 Å². The van der Waals surface area contributed by atoms with E-state index in [1.807, 2.05) is 0 Å². The Kier molecular flexibility index (Phi) is 5.58. The van der Waals surface area contributed by atoms with Gasteiger partial charge in [0.25, 0.3) is 0 Å². The highest BCUT2D eigenvalue weighted by Gasteiger charge is 2.20. The van der Waals surface area contributed by atoms with Crippen LogP contribution in [0, 0.1) is 0 Å². The SMILES string of the molecule is COc1ccc(Cl)cc1S(=O)(=O)NCc1cccc(Cl)c1Cl. The molecule has 0 bridgehead atoms. The minimum atomic E-state index is -3.81. The molecule has 4 nitrogen and oxygen atoms in total. The van der Waals surface area contributed by atoms with Crippen molar-refractivity contribution in [2.24, 2.45) is 0 Å². The van der Waals surface area contributed by atoms with Crippen LogP contribution in [0.25, 0.3) is 0 Å². The lowest BCUT2D eigenvalue weighted by molar-refractivity contribution is 0.402. The average molecular weight is 381 g/mol. The van der Waals surface area contributed by atoms with Crippen LogP contribution < -0.4 is 9.46 Å². The van der Waals surface area contributed by atoms with E-state index < -0.39 is 10.0 Å². The number of hydrogen-bond acceptors (Lipinski definition) is 3. The maximum absolute atomic E-state index is 12.4. The summed E-state index contributed by atoms with van der Waals surface area (Å²) in [7, 11) is -2.43. The predicted octanol–water partition coefficient (Wildman–Crippen LogP) is 4.13. The van der Waals surface area contributed by atoms with E-state index in [0.717, 1.165) is 0 Å². The highest BCUT2D eigenvalue weighted by atomic mass is 35.5. The van der Waals surface area contributed by atoms with Gasteiger partial charge in [-0.2, -0.15) is 0 Å². The number of hydrogen-bond donors (Lipinski definition) is 1. The van der Waals surface area contributed by atoms with Gasteiger partial charge >= 0.3 is 0 Å². The first kappa shape index (κ1) is 17.4. The number of halogens is 3. The number of rotatable bonds is 5. The molecule has 0 spiro atoms. The average Bonchev–Trinajstić information content (AvgIpc) is 2.49. The summed E-state index contributed by atoms with van der Waals surface area (Å²) in [6.07, 6.45) is 0. The van der Waals surface area contributed by atoms with Gasteiger partial charge in [-0.25, -0.2) is 13.1 Å². The molecule has 1 N–H and O–H groups in total. The van der Waals surface area contributed by atoms with Crippen molar-refractivity contribution in [3.05, 3.63) is 57.0 Å². The second kappa shape index (κ2) is 7.06. The van der Waals surface area contributed by atoms with E-state index in [1.165, 1.54) is 19.2 Å². The molecule has 0 heterocycles. The van der Waals surface area contributed by atoms with Crippen LogP contribution in [-0.2, 0) is 16.6 Å². The summed E-state index contributed by atoms with van der Waals surface area (Å²) in [5.41, 5.74) is 0.568. The van der Waals surface area contributed by atoms with E-state index in [0.29, 0.717) is 20.6 Å². The van der Waals surface area contributed by atoms with Crippen LogP contribution in [-0.4, -0.2) is 15.5 Å². The Bertz CT molecular complexity index is 794. The van der Waals surface area contributed by atoms with Crippen LogP contribution in [0.1, 0.15) is 5.56 Å². The third kappa shape index (κ3) is 3.86. The lowest BCUT2D eigenvalue weighted by Gasteiger charge is -2.12. The molecule has 0 fully saturated rings. The maximum Gasteiger partial charge on any atom is 0.244 e. The van der Waals surface area contributed by atoms with Crippen molar-refractivity contribution in [3.63, 3.8) is 0 Å². The topological polar surface area (TPSA) is 55.4 Å². The Balaban J connectivity index is 2.29. The molecule has 2 aromatic carbocycles. The number of nitrogens with one attached hydrogen (secondary N) is 1. The van der Waals surface area contributed by atoms with E-state index >= 15 is 0 Å². The van der Waals surface area contributed by atoms with E-state index in [9.17, 15) is 8.42 Å². The molecule has 0 saturated heterocycles. The van der Waals surface area contributed by atoms with Crippen molar-refractivity contribution in [3.8, 4) is 5.75 Å². The Morgan fingerprint density at radius 3 is 2.55 bits per heavy atom. The van der Waals surface area contributed by atoms with E-state index in [1.54, 1.807) is 24.3 Å². The largest absolute Gasteiger partial charge is 0.495 e. The molecular weight excluding hydrogens is 369 g/mol. The second-order valence-corrected chi connectivity index (χ2v) is 7.29. The van der Waals surface area contributed by atoms with Gasteiger partial charge in [0.2, 0.25) is 10.0 Å². The van der Waals surface area contributed by atoms with Gasteiger partial charge in [-0.15, -0.1) is 0 Å². The fourth-order valence-corrected chi connectivity index (χ4v) is 3.62. The molecule has 22 heavy (non-hydrogen) atoms. The summed E-state index contributed by atoms with van der Waals surface area (Å²) < 4.78 is 32.3. The predicted molar refractivity (Wildman–Crippen MR) is 88.5 cm³/mol. The molecule has 0 aliphatic heterocycles. The van der Waals surface area contributed by atoms with E-state index in [4.69, 9.17) is 39.5 Å².